The molecule has 0 radical (unpaired) electrons. The molecule has 0 heterocycles. The lowest BCUT2D eigenvalue weighted by atomic mass is 9.90. The topological polar surface area (TPSA) is 92.4 Å². The van der Waals surface area contributed by atoms with E-state index in [4.69, 9.17) is 5.73 Å². The minimum Gasteiger partial charge on any atom is -0.480 e. The van der Waals surface area contributed by atoms with Gasteiger partial charge in [0.05, 0.1) is 0 Å². The number of carboxylic acid groups (broad SMARTS) is 1. The molecule has 0 saturated heterocycles. The maximum absolute atomic E-state index is 11.9. The quantitative estimate of drug-likeness (QED) is 0.642. The Hall–Kier alpha value is -1.10. The molecule has 1 unspecified atom stereocenters. The first-order valence-corrected chi connectivity index (χ1v) is 7.26. The second-order valence-electron chi connectivity index (χ2n) is 5.72. The first kappa shape index (κ1) is 16.0. The van der Waals surface area contributed by atoms with Crippen LogP contribution in [0.15, 0.2) is 0 Å². The van der Waals surface area contributed by atoms with E-state index >= 15 is 0 Å². The van der Waals surface area contributed by atoms with Crippen molar-refractivity contribution in [3.05, 3.63) is 0 Å². The Bertz CT molecular complexity index is 308. The van der Waals surface area contributed by atoms with Gasteiger partial charge >= 0.3 is 5.97 Å². The van der Waals surface area contributed by atoms with Gasteiger partial charge in [-0.1, -0.05) is 25.7 Å². The molecule has 0 aromatic rings. The SMILES string of the molecule is CC(N)CCCC(=O)NC1(C(=O)O)CCCCCC1. The van der Waals surface area contributed by atoms with Crippen molar-refractivity contribution in [1.82, 2.24) is 5.32 Å². The number of hydrogen-bond acceptors (Lipinski definition) is 3. The number of rotatable bonds is 6. The monoisotopic (exact) mass is 270 g/mol. The van der Waals surface area contributed by atoms with Crippen LogP contribution in [0.1, 0.15) is 64.7 Å². The van der Waals surface area contributed by atoms with Crippen molar-refractivity contribution in [3.63, 3.8) is 0 Å². The van der Waals surface area contributed by atoms with Crippen LogP contribution in [-0.2, 0) is 9.59 Å². The van der Waals surface area contributed by atoms with E-state index in [1.54, 1.807) is 0 Å². The molecular formula is C14H26N2O3. The standard InChI is InChI=1S/C14H26N2O3/c1-11(15)7-6-8-12(17)16-14(13(18)19)9-4-2-3-5-10-14/h11H,2-10,15H2,1H3,(H,16,17)(H,18,19). The highest BCUT2D eigenvalue weighted by molar-refractivity contribution is 5.87. The third-order valence-electron chi connectivity index (χ3n) is 3.81. The number of amides is 1. The molecule has 1 rings (SSSR count). The largest absolute Gasteiger partial charge is 0.480 e. The van der Waals surface area contributed by atoms with Crippen molar-refractivity contribution in [2.45, 2.75) is 76.3 Å². The van der Waals surface area contributed by atoms with Gasteiger partial charge in [-0.3, -0.25) is 4.79 Å². The lowest BCUT2D eigenvalue weighted by Gasteiger charge is -2.29. The molecule has 1 saturated carbocycles. The van der Waals surface area contributed by atoms with Gasteiger partial charge in [0.25, 0.3) is 0 Å². The van der Waals surface area contributed by atoms with E-state index in [9.17, 15) is 14.7 Å². The molecule has 0 aromatic heterocycles. The Morgan fingerprint density at radius 3 is 2.32 bits per heavy atom. The molecule has 5 nitrogen and oxygen atoms in total. The predicted molar refractivity (Wildman–Crippen MR) is 73.7 cm³/mol. The number of hydrogen-bond donors (Lipinski definition) is 3. The van der Waals surface area contributed by atoms with E-state index in [1.807, 2.05) is 6.92 Å². The Kier molecular flexibility index (Phi) is 6.28. The molecule has 4 N–H and O–H groups in total. The Morgan fingerprint density at radius 1 is 1.26 bits per heavy atom. The second kappa shape index (κ2) is 7.48. The number of nitrogens with two attached hydrogens (primary N) is 1. The van der Waals surface area contributed by atoms with Crippen molar-refractivity contribution < 1.29 is 14.7 Å². The van der Waals surface area contributed by atoms with E-state index in [0.29, 0.717) is 25.7 Å². The van der Waals surface area contributed by atoms with Gasteiger partial charge in [0.2, 0.25) is 5.91 Å². The fraction of sp³-hybridized carbons (Fsp3) is 0.857. The molecular weight excluding hydrogens is 244 g/mol. The first-order valence-electron chi connectivity index (χ1n) is 7.26. The molecule has 1 aliphatic carbocycles. The fourth-order valence-electron chi connectivity index (χ4n) is 2.64. The van der Waals surface area contributed by atoms with Gasteiger partial charge in [-0.25, -0.2) is 4.79 Å². The zero-order valence-electron chi connectivity index (χ0n) is 11.8. The van der Waals surface area contributed by atoms with Crippen molar-refractivity contribution in [3.8, 4) is 0 Å². The van der Waals surface area contributed by atoms with E-state index in [2.05, 4.69) is 5.32 Å². The van der Waals surface area contributed by atoms with Crippen LogP contribution in [-0.4, -0.2) is 28.6 Å². The van der Waals surface area contributed by atoms with Gasteiger partial charge in [-0.2, -0.15) is 0 Å². The predicted octanol–water partition coefficient (Wildman–Crippen LogP) is 1.80. The lowest BCUT2D eigenvalue weighted by molar-refractivity contribution is -0.148. The average molecular weight is 270 g/mol. The van der Waals surface area contributed by atoms with E-state index < -0.39 is 11.5 Å². The summed E-state index contributed by atoms with van der Waals surface area (Å²) in [6.07, 6.45) is 6.77. The highest BCUT2D eigenvalue weighted by Crippen LogP contribution is 2.27. The molecule has 0 bridgehead atoms. The molecule has 1 amide bonds. The molecule has 0 aromatic carbocycles. The average Bonchev–Trinajstić information content (AvgIpc) is 2.55. The number of aliphatic carboxylic acids is 1. The molecule has 0 aliphatic heterocycles. The molecule has 1 atom stereocenters. The number of nitrogens with one attached hydrogen (secondary N) is 1. The number of carbonyl (C=O) groups is 2. The Morgan fingerprint density at radius 2 is 1.84 bits per heavy atom. The van der Waals surface area contributed by atoms with Crippen LogP contribution in [0.2, 0.25) is 0 Å². The lowest BCUT2D eigenvalue weighted by Crippen LogP contribution is -2.54. The molecule has 110 valence electrons. The van der Waals surface area contributed by atoms with Crippen LogP contribution in [0.4, 0.5) is 0 Å². The highest BCUT2D eigenvalue weighted by Gasteiger charge is 2.39. The van der Waals surface area contributed by atoms with E-state index in [-0.39, 0.29) is 11.9 Å². The fourth-order valence-corrected chi connectivity index (χ4v) is 2.64. The summed E-state index contributed by atoms with van der Waals surface area (Å²) in [7, 11) is 0. The summed E-state index contributed by atoms with van der Waals surface area (Å²) in [5, 5.41) is 12.2. The van der Waals surface area contributed by atoms with Crippen LogP contribution in [0.5, 0.6) is 0 Å². The zero-order chi connectivity index (χ0) is 14.3. The van der Waals surface area contributed by atoms with Crippen LogP contribution in [0.25, 0.3) is 0 Å². The van der Waals surface area contributed by atoms with Gasteiger partial charge in [-0.15, -0.1) is 0 Å². The van der Waals surface area contributed by atoms with Crippen molar-refractivity contribution in [1.29, 1.82) is 0 Å². The summed E-state index contributed by atoms with van der Waals surface area (Å²) in [6, 6.07) is 0.0825. The van der Waals surface area contributed by atoms with Crippen molar-refractivity contribution in [2.75, 3.05) is 0 Å². The third-order valence-corrected chi connectivity index (χ3v) is 3.81. The molecule has 0 spiro atoms. The summed E-state index contributed by atoms with van der Waals surface area (Å²) in [6.45, 7) is 1.90. The highest BCUT2D eigenvalue weighted by atomic mass is 16.4. The van der Waals surface area contributed by atoms with Crippen LogP contribution < -0.4 is 11.1 Å². The first-order chi connectivity index (χ1) is 8.96. The molecule has 5 heteroatoms. The second-order valence-corrected chi connectivity index (χ2v) is 5.72. The molecule has 1 fully saturated rings. The van der Waals surface area contributed by atoms with Crippen LogP contribution in [0, 0.1) is 0 Å². The van der Waals surface area contributed by atoms with E-state index in [1.165, 1.54) is 0 Å². The summed E-state index contributed by atoms with van der Waals surface area (Å²) < 4.78 is 0. The summed E-state index contributed by atoms with van der Waals surface area (Å²) in [5.41, 5.74) is 4.59. The van der Waals surface area contributed by atoms with Crippen molar-refractivity contribution in [2.24, 2.45) is 5.73 Å². The zero-order valence-corrected chi connectivity index (χ0v) is 11.8. The molecule has 1 aliphatic rings. The van der Waals surface area contributed by atoms with Crippen LogP contribution >= 0.6 is 0 Å². The Labute approximate surface area is 114 Å². The van der Waals surface area contributed by atoms with Gasteiger partial charge in [0.1, 0.15) is 5.54 Å². The summed E-state index contributed by atoms with van der Waals surface area (Å²) in [5.74, 6) is -1.06. The van der Waals surface area contributed by atoms with Crippen molar-refractivity contribution >= 4 is 11.9 Å². The number of carbonyl (C=O) groups excluding carboxylic acids is 1. The Balaban J connectivity index is 2.52. The minimum absolute atomic E-state index is 0.0825. The maximum Gasteiger partial charge on any atom is 0.329 e. The summed E-state index contributed by atoms with van der Waals surface area (Å²) in [4.78, 5) is 23.4. The maximum atomic E-state index is 11.9. The number of carboxylic acids is 1. The minimum atomic E-state index is -1.04. The van der Waals surface area contributed by atoms with Gasteiger partial charge < -0.3 is 16.2 Å². The molecule has 19 heavy (non-hydrogen) atoms. The summed E-state index contributed by atoms with van der Waals surface area (Å²) >= 11 is 0. The van der Waals surface area contributed by atoms with Crippen LogP contribution in [0.3, 0.4) is 0 Å². The third kappa shape index (κ3) is 5.19. The van der Waals surface area contributed by atoms with E-state index in [0.717, 1.165) is 32.1 Å². The van der Waals surface area contributed by atoms with Gasteiger partial charge in [-0.05, 0) is 32.6 Å². The smallest absolute Gasteiger partial charge is 0.329 e. The van der Waals surface area contributed by atoms with Gasteiger partial charge in [0, 0.05) is 12.5 Å². The van der Waals surface area contributed by atoms with Gasteiger partial charge in [0.15, 0.2) is 0 Å². The normalized spacial score (nSPS) is 20.3.